The number of halogens is 2. The number of hydrogen-bond acceptors (Lipinski definition) is 3. The number of aliphatic carboxylic acids is 1. The Morgan fingerprint density at radius 3 is 2.71 bits per heavy atom. The van der Waals surface area contributed by atoms with Crippen LogP contribution in [0.15, 0.2) is 0 Å². The average molecular weight is 211 g/mol. The van der Waals surface area contributed by atoms with Crippen molar-refractivity contribution in [1.29, 1.82) is 0 Å². The Kier molecular flexibility index (Phi) is 6.31. The number of carboxylic acids is 1. The molecule has 0 saturated carbocycles. The summed E-state index contributed by atoms with van der Waals surface area (Å²) in [6.45, 7) is 0.281. The van der Waals surface area contributed by atoms with Gasteiger partial charge in [0.2, 0.25) is 0 Å². The molecule has 0 aliphatic rings. The fraction of sp³-hybridized carbons (Fsp3) is 0.875. The van der Waals surface area contributed by atoms with Crippen molar-refractivity contribution in [3.05, 3.63) is 0 Å². The van der Waals surface area contributed by atoms with Crippen LogP contribution in [-0.4, -0.2) is 43.8 Å². The molecule has 0 amide bonds. The zero-order valence-electron chi connectivity index (χ0n) is 8.06. The first-order valence-electron chi connectivity index (χ1n) is 4.27. The number of ether oxygens (including phenoxy) is 1. The van der Waals surface area contributed by atoms with Crippen LogP contribution in [0, 0.1) is 0 Å². The first kappa shape index (κ1) is 13.2. The van der Waals surface area contributed by atoms with Crippen molar-refractivity contribution in [2.24, 2.45) is 0 Å². The van der Waals surface area contributed by atoms with Crippen molar-refractivity contribution in [2.45, 2.75) is 18.8 Å². The molecule has 0 aliphatic carbocycles. The van der Waals surface area contributed by atoms with E-state index in [1.54, 1.807) is 0 Å². The van der Waals surface area contributed by atoms with Crippen LogP contribution in [0.2, 0.25) is 0 Å². The summed E-state index contributed by atoms with van der Waals surface area (Å²) >= 11 is 0. The molecule has 0 aliphatic heterocycles. The lowest BCUT2D eigenvalue weighted by molar-refractivity contribution is -0.144. The monoisotopic (exact) mass is 211 g/mol. The second kappa shape index (κ2) is 6.67. The lowest BCUT2D eigenvalue weighted by Crippen LogP contribution is -2.35. The van der Waals surface area contributed by atoms with Gasteiger partial charge in [0.25, 0.3) is 5.92 Å². The Morgan fingerprint density at radius 1 is 1.57 bits per heavy atom. The maximum atomic E-state index is 12.7. The normalized spacial score (nSPS) is 11.6. The van der Waals surface area contributed by atoms with Gasteiger partial charge >= 0.3 is 5.97 Å². The summed E-state index contributed by atoms with van der Waals surface area (Å²) in [4.78, 5) is 10.0. The zero-order valence-corrected chi connectivity index (χ0v) is 8.06. The fourth-order valence-electron chi connectivity index (χ4n) is 0.897. The summed E-state index contributed by atoms with van der Waals surface area (Å²) in [5.41, 5.74) is 0. The first-order valence-corrected chi connectivity index (χ1v) is 4.27. The molecule has 0 aromatic rings. The number of carboxylic acid groups (broad SMARTS) is 1. The van der Waals surface area contributed by atoms with E-state index in [0.29, 0.717) is 19.6 Å². The van der Waals surface area contributed by atoms with Gasteiger partial charge in [0, 0.05) is 13.7 Å². The molecule has 2 N–H and O–H groups in total. The highest BCUT2D eigenvalue weighted by Gasteiger charge is 2.31. The van der Waals surface area contributed by atoms with Gasteiger partial charge in [-0.3, -0.25) is 4.79 Å². The third kappa shape index (κ3) is 7.88. The van der Waals surface area contributed by atoms with Crippen molar-refractivity contribution in [2.75, 3.05) is 26.8 Å². The minimum atomic E-state index is -3.18. The number of nitrogens with one attached hydrogen (secondary N) is 1. The van der Waals surface area contributed by atoms with E-state index in [4.69, 9.17) is 9.84 Å². The van der Waals surface area contributed by atoms with Crippen LogP contribution in [-0.2, 0) is 9.53 Å². The fourth-order valence-corrected chi connectivity index (χ4v) is 0.897. The van der Waals surface area contributed by atoms with Crippen LogP contribution < -0.4 is 5.32 Å². The Morgan fingerprint density at radius 2 is 2.21 bits per heavy atom. The topological polar surface area (TPSA) is 58.6 Å². The molecule has 0 heterocycles. The number of carbonyl (C=O) groups is 1. The molecule has 0 rings (SSSR count). The Hall–Kier alpha value is -0.750. The highest BCUT2D eigenvalue weighted by atomic mass is 19.3. The quantitative estimate of drug-likeness (QED) is 0.581. The minimum Gasteiger partial charge on any atom is -0.481 e. The molecule has 0 unspecified atom stereocenters. The van der Waals surface area contributed by atoms with E-state index < -0.39 is 24.9 Å². The highest BCUT2D eigenvalue weighted by Crippen LogP contribution is 2.16. The Labute approximate surface area is 81.2 Å². The van der Waals surface area contributed by atoms with Gasteiger partial charge in [0.05, 0.1) is 6.54 Å². The molecule has 0 spiro atoms. The van der Waals surface area contributed by atoms with Gasteiger partial charge in [-0.2, -0.15) is 0 Å². The Balaban J connectivity index is 3.50. The van der Waals surface area contributed by atoms with E-state index in [9.17, 15) is 13.6 Å². The molecular weight excluding hydrogens is 196 g/mol. The van der Waals surface area contributed by atoms with Gasteiger partial charge in [0.1, 0.15) is 6.42 Å². The summed E-state index contributed by atoms with van der Waals surface area (Å²) in [5.74, 6) is -4.67. The molecule has 0 radical (unpaired) electrons. The number of rotatable bonds is 8. The third-order valence-electron chi connectivity index (χ3n) is 1.50. The SMILES string of the molecule is COCCCNCC(F)(F)CC(=O)O. The largest absolute Gasteiger partial charge is 0.481 e. The predicted octanol–water partition coefficient (Wildman–Crippen LogP) is 0.722. The molecule has 4 nitrogen and oxygen atoms in total. The van der Waals surface area contributed by atoms with Crippen molar-refractivity contribution in [3.8, 4) is 0 Å². The van der Waals surface area contributed by atoms with E-state index in [-0.39, 0.29) is 0 Å². The van der Waals surface area contributed by atoms with Crippen molar-refractivity contribution in [3.63, 3.8) is 0 Å². The summed E-state index contributed by atoms with van der Waals surface area (Å²) in [6, 6.07) is 0. The van der Waals surface area contributed by atoms with E-state index in [0.717, 1.165) is 0 Å². The van der Waals surface area contributed by atoms with Gasteiger partial charge in [-0.05, 0) is 13.0 Å². The van der Waals surface area contributed by atoms with E-state index in [1.807, 2.05) is 0 Å². The maximum absolute atomic E-state index is 12.7. The van der Waals surface area contributed by atoms with Gasteiger partial charge in [0.15, 0.2) is 0 Å². The van der Waals surface area contributed by atoms with Crippen LogP contribution in [0.4, 0.5) is 8.78 Å². The van der Waals surface area contributed by atoms with Gasteiger partial charge < -0.3 is 15.2 Å². The minimum absolute atomic E-state index is 0.392. The van der Waals surface area contributed by atoms with E-state index in [2.05, 4.69) is 5.32 Å². The van der Waals surface area contributed by atoms with Crippen molar-refractivity contribution < 1.29 is 23.4 Å². The first-order chi connectivity index (χ1) is 6.48. The van der Waals surface area contributed by atoms with E-state index in [1.165, 1.54) is 7.11 Å². The third-order valence-corrected chi connectivity index (χ3v) is 1.50. The lowest BCUT2D eigenvalue weighted by atomic mass is 10.2. The van der Waals surface area contributed by atoms with Gasteiger partial charge in [-0.15, -0.1) is 0 Å². The Bertz CT molecular complexity index is 176. The average Bonchev–Trinajstić information content (AvgIpc) is 2.01. The number of alkyl halides is 2. The summed E-state index contributed by atoms with van der Waals surface area (Å²) < 4.78 is 30.1. The second-order valence-electron chi connectivity index (χ2n) is 2.95. The highest BCUT2D eigenvalue weighted by molar-refractivity contribution is 5.67. The van der Waals surface area contributed by atoms with Crippen LogP contribution in [0.5, 0.6) is 0 Å². The van der Waals surface area contributed by atoms with Crippen molar-refractivity contribution >= 4 is 5.97 Å². The summed E-state index contributed by atoms with van der Waals surface area (Å²) in [6.07, 6.45) is -0.510. The van der Waals surface area contributed by atoms with E-state index >= 15 is 0 Å². The lowest BCUT2D eigenvalue weighted by Gasteiger charge is -2.14. The number of methoxy groups -OCH3 is 1. The molecule has 0 fully saturated rings. The molecular formula is C8H15F2NO3. The zero-order chi connectivity index (χ0) is 11.0. The molecule has 0 saturated heterocycles. The summed E-state index contributed by atoms with van der Waals surface area (Å²) in [5, 5.41) is 10.6. The van der Waals surface area contributed by atoms with Crippen LogP contribution >= 0.6 is 0 Å². The predicted molar refractivity (Wildman–Crippen MR) is 46.6 cm³/mol. The molecule has 0 bridgehead atoms. The standard InChI is InChI=1S/C8H15F2NO3/c1-14-4-2-3-11-6-8(9,10)5-7(12)13/h11H,2-6H2,1H3,(H,12,13). The molecule has 6 heteroatoms. The molecule has 84 valence electrons. The molecule has 14 heavy (non-hydrogen) atoms. The van der Waals surface area contributed by atoms with Crippen molar-refractivity contribution in [1.82, 2.24) is 5.32 Å². The molecule has 0 atom stereocenters. The maximum Gasteiger partial charge on any atom is 0.309 e. The number of hydrogen-bond donors (Lipinski definition) is 2. The molecule has 0 aromatic carbocycles. The molecule has 0 aromatic heterocycles. The summed E-state index contributed by atoms with van der Waals surface area (Å²) in [7, 11) is 1.53. The van der Waals surface area contributed by atoms with Crippen LogP contribution in [0.25, 0.3) is 0 Å². The van der Waals surface area contributed by atoms with Crippen LogP contribution in [0.1, 0.15) is 12.8 Å². The van der Waals surface area contributed by atoms with Gasteiger partial charge in [-0.25, -0.2) is 8.78 Å². The second-order valence-corrected chi connectivity index (χ2v) is 2.95. The van der Waals surface area contributed by atoms with Gasteiger partial charge in [-0.1, -0.05) is 0 Å². The smallest absolute Gasteiger partial charge is 0.309 e. The van der Waals surface area contributed by atoms with Crippen LogP contribution in [0.3, 0.4) is 0 Å².